The van der Waals surface area contributed by atoms with E-state index in [9.17, 15) is 35.9 Å². The summed E-state index contributed by atoms with van der Waals surface area (Å²) in [6.45, 7) is 1.92. The topological polar surface area (TPSA) is 116 Å². The lowest BCUT2D eigenvalue weighted by Crippen LogP contribution is -2.47. The van der Waals surface area contributed by atoms with Crippen LogP contribution in [0.3, 0.4) is 0 Å². The number of halogens is 6. The van der Waals surface area contributed by atoms with E-state index in [2.05, 4.69) is 15.3 Å². The number of hydrogen-bond acceptors (Lipinski definition) is 6. The normalized spacial score (nSPS) is 24.8. The van der Waals surface area contributed by atoms with Gasteiger partial charge in [-0.2, -0.15) is 26.3 Å². The van der Waals surface area contributed by atoms with E-state index in [4.69, 9.17) is 15.2 Å². The van der Waals surface area contributed by atoms with Gasteiger partial charge in [0.1, 0.15) is 17.5 Å². The van der Waals surface area contributed by atoms with Gasteiger partial charge in [0.05, 0.1) is 7.11 Å². The highest BCUT2D eigenvalue weighted by Gasteiger charge is 2.66. The molecule has 14 heteroatoms. The highest BCUT2D eigenvalue weighted by Crippen LogP contribution is 2.54. The van der Waals surface area contributed by atoms with Crippen molar-refractivity contribution in [3.8, 4) is 5.88 Å². The molecular formula is C21H20F6N4O4. The van der Waals surface area contributed by atoms with Crippen LogP contribution in [-0.2, 0) is 15.7 Å². The van der Waals surface area contributed by atoms with Gasteiger partial charge in [0.25, 0.3) is 11.8 Å². The zero-order chi connectivity index (χ0) is 26.3. The van der Waals surface area contributed by atoms with Gasteiger partial charge in [-0.25, -0.2) is 4.98 Å². The second kappa shape index (κ2) is 8.98. The Morgan fingerprint density at radius 1 is 1.17 bits per heavy atom. The molecule has 0 unspecified atom stereocenters. The molecule has 2 aromatic heterocycles. The monoisotopic (exact) mass is 506 g/mol. The number of carbonyl (C=O) groups is 2. The first-order chi connectivity index (χ1) is 16.1. The molecule has 0 saturated carbocycles. The van der Waals surface area contributed by atoms with Crippen LogP contribution in [0.2, 0.25) is 0 Å². The van der Waals surface area contributed by atoms with Gasteiger partial charge < -0.3 is 20.5 Å². The summed E-state index contributed by atoms with van der Waals surface area (Å²) in [4.78, 5) is 31.5. The Kier molecular flexibility index (Phi) is 6.72. The summed E-state index contributed by atoms with van der Waals surface area (Å²) in [5.74, 6) is -5.38. The van der Waals surface area contributed by atoms with Crippen molar-refractivity contribution in [3.63, 3.8) is 0 Å². The van der Waals surface area contributed by atoms with E-state index in [-0.39, 0.29) is 16.9 Å². The summed E-state index contributed by atoms with van der Waals surface area (Å²) in [5, 5.41) is 2.34. The Morgan fingerprint density at radius 3 is 2.37 bits per heavy atom. The number of nitrogens with two attached hydrogens (primary N) is 1. The van der Waals surface area contributed by atoms with Crippen LogP contribution in [0, 0.1) is 5.92 Å². The molecule has 2 aromatic rings. The quantitative estimate of drug-likeness (QED) is 0.598. The minimum absolute atomic E-state index is 0.00748. The molecule has 4 atom stereocenters. The van der Waals surface area contributed by atoms with Gasteiger partial charge in [-0.15, -0.1) is 0 Å². The molecule has 1 saturated heterocycles. The summed E-state index contributed by atoms with van der Waals surface area (Å²) in [7, 11) is 1.01. The summed E-state index contributed by atoms with van der Waals surface area (Å²) in [5.41, 5.74) is 0.602. The van der Waals surface area contributed by atoms with Gasteiger partial charge in [-0.1, -0.05) is 13.0 Å². The first-order valence-corrected chi connectivity index (χ1v) is 10.0. The van der Waals surface area contributed by atoms with Gasteiger partial charge in [0.2, 0.25) is 5.88 Å². The van der Waals surface area contributed by atoms with Crippen LogP contribution in [0.5, 0.6) is 5.88 Å². The Labute approximate surface area is 194 Å². The highest BCUT2D eigenvalue weighted by molar-refractivity contribution is 5.97. The summed E-state index contributed by atoms with van der Waals surface area (Å²) < 4.78 is 91.5. The van der Waals surface area contributed by atoms with Crippen molar-refractivity contribution in [1.82, 2.24) is 9.97 Å². The molecule has 0 aromatic carbocycles. The van der Waals surface area contributed by atoms with Crippen LogP contribution in [-0.4, -0.2) is 46.8 Å². The molecule has 1 aliphatic heterocycles. The lowest BCUT2D eigenvalue weighted by Gasteiger charge is -2.31. The van der Waals surface area contributed by atoms with Crippen molar-refractivity contribution in [2.45, 2.75) is 43.8 Å². The standard InChI is InChI=1S/C21H20F6N4O4/c1-9-14(11-4-5-13(20(22,23)24)31-18(11)34-3)15(35-19(9,2)21(25,26)27)17(33)30-10-6-7-29-12(8-10)16(28)32/h4-9,14-15H,1-3H3,(H2,28,32)(H,29,30,33)/t9-,14-,15+,19-/m0/s1. The number of hydrogen-bond donors (Lipinski definition) is 2. The predicted molar refractivity (Wildman–Crippen MR) is 108 cm³/mol. The number of methoxy groups -OCH3 is 1. The second-order valence-electron chi connectivity index (χ2n) is 8.03. The number of rotatable bonds is 5. The molecule has 2 amide bonds. The molecule has 8 nitrogen and oxygen atoms in total. The zero-order valence-corrected chi connectivity index (χ0v) is 18.5. The number of alkyl halides is 6. The van der Waals surface area contributed by atoms with Crippen LogP contribution in [0.1, 0.15) is 41.5 Å². The van der Waals surface area contributed by atoms with Gasteiger partial charge in [-0.3, -0.25) is 14.6 Å². The second-order valence-corrected chi connectivity index (χ2v) is 8.03. The molecule has 3 rings (SSSR count). The maximum atomic E-state index is 14.0. The van der Waals surface area contributed by atoms with Crippen LogP contribution in [0.15, 0.2) is 30.5 Å². The average molecular weight is 506 g/mol. The molecule has 0 spiro atoms. The number of nitrogens with zero attached hydrogens (tertiary/aromatic N) is 2. The molecule has 190 valence electrons. The number of ether oxygens (including phenoxy) is 2. The SMILES string of the molecule is COc1nc(C(F)(F)F)ccc1[C@H]1[C@H](C(=O)Nc2ccnc(C(N)=O)c2)O[C@](C)(C(F)(F)F)[C@H]1C. The Bertz CT molecular complexity index is 1140. The smallest absolute Gasteiger partial charge is 0.433 e. The van der Waals surface area contributed by atoms with Crippen LogP contribution in [0.4, 0.5) is 32.0 Å². The van der Waals surface area contributed by atoms with Crippen LogP contribution in [0.25, 0.3) is 0 Å². The van der Waals surface area contributed by atoms with Crippen molar-refractivity contribution in [1.29, 1.82) is 0 Å². The van der Waals surface area contributed by atoms with Gasteiger partial charge >= 0.3 is 12.4 Å². The van der Waals surface area contributed by atoms with Gasteiger partial charge in [0.15, 0.2) is 5.60 Å². The molecule has 0 aliphatic carbocycles. The molecule has 1 fully saturated rings. The molecule has 1 aliphatic rings. The van der Waals surface area contributed by atoms with Crippen molar-refractivity contribution in [2.24, 2.45) is 11.7 Å². The van der Waals surface area contributed by atoms with E-state index in [1.807, 2.05) is 0 Å². The zero-order valence-electron chi connectivity index (χ0n) is 18.5. The van der Waals surface area contributed by atoms with Crippen molar-refractivity contribution >= 4 is 17.5 Å². The Balaban J connectivity index is 2.07. The van der Waals surface area contributed by atoms with E-state index < -0.39 is 59.3 Å². The number of carbonyl (C=O) groups excluding carboxylic acids is 2. The van der Waals surface area contributed by atoms with E-state index in [0.29, 0.717) is 6.07 Å². The van der Waals surface area contributed by atoms with Crippen molar-refractivity contribution in [3.05, 3.63) is 47.4 Å². The lowest BCUT2D eigenvalue weighted by atomic mass is 9.77. The fraction of sp³-hybridized carbons (Fsp3) is 0.429. The summed E-state index contributed by atoms with van der Waals surface area (Å²) in [6.07, 6.45) is -10.4. The lowest BCUT2D eigenvalue weighted by molar-refractivity contribution is -0.272. The first-order valence-electron chi connectivity index (χ1n) is 10.0. The summed E-state index contributed by atoms with van der Waals surface area (Å²) >= 11 is 0. The molecule has 0 radical (unpaired) electrons. The van der Waals surface area contributed by atoms with Gasteiger partial charge in [-0.05, 0) is 25.1 Å². The fourth-order valence-electron chi connectivity index (χ4n) is 3.91. The molecule has 3 heterocycles. The van der Waals surface area contributed by atoms with E-state index in [1.165, 1.54) is 13.0 Å². The highest BCUT2D eigenvalue weighted by atomic mass is 19.4. The Hall–Kier alpha value is -3.42. The minimum Gasteiger partial charge on any atom is -0.481 e. The third-order valence-electron chi connectivity index (χ3n) is 5.94. The van der Waals surface area contributed by atoms with Crippen molar-refractivity contribution < 1.29 is 45.4 Å². The predicted octanol–water partition coefficient (Wildman–Crippen LogP) is 3.68. The fourth-order valence-corrected chi connectivity index (χ4v) is 3.91. The molecule has 35 heavy (non-hydrogen) atoms. The van der Waals surface area contributed by atoms with E-state index in [0.717, 1.165) is 32.4 Å². The largest absolute Gasteiger partial charge is 0.481 e. The molecule has 0 bridgehead atoms. The van der Waals surface area contributed by atoms with E-state index >= 15 is 0 Å². The average Bonchev–Trinajstić information content (AvgIpc) is 3.04. The third kappa shape index (κ3) is 4.88. The van der Waals surface area contributed by atoms with Crippen LogP contribution < -0.4 is 15.8 Å². The minimum atomic E-state index is -4.93. The number of aromatic nitrogens is 2. The van der Waals surface area contributed by atoms with E-state index in [1.54, 1.807) is 0 Å². The third-order valence-corrected chi connectivity index (χ3v) is 5.94. The summed E-state index contributed by atoms with van der Waals surface area (Å²) in [6, 6.07) is 3.88. The van der Waals surface area contributed by atoms with Crippen molar-refractivity contribution in [2.75, 3.05) is 12.4 Å². The number of pyridine rings is 2. The van der Waals surface area contributed by atoms with Gasteiger partial charge in [0, 0.05) is 29.3 Å². The number of anilines is 1. The number of amides is 2. The maximum Gasteiger partial charge on any atom is 0.433 e. The molecule has 3 N–H and O–H groups in total. The first kappa shape index (κ1) is 26.2. The Morgan fingerprint density at radius 2 is 1.83 bits per heavy atom. The number of nitrogens with one attached hydrogen (secondary N) is 1. The maximum absolute atomic E-state index is 14.0. The van der Waals surface area contributed by atoms with Crippen LogP contribution >= 0.6 is 0 Å². The molecular weight excluding hydrogens is 486 g/mol. The number of primary amides is 1.